The highest BCUT2D eigenvalue weighted by molar-refractivity contribution is 7.97. The average Bonchev–Trinajstić information content (AvgIpc) is 2.56. The maximum Gasteiger partial charge on any atom is 0.234 e. The third kappa shape index (κ3) is 3.27. The lowest BCUT2D eigenvalue weighted by Gasteiger charge is -2.41. The number of aromatic nitrogens is 1. The van der Waals surface area contributed by atoms with Crippen LogP contribution in [0.1, 0.15) is 10.5 Å². The van der Waals surface area contributed by atoms with E-state index in [0.717, 1.165) is 5.19 Å². The summed E-state index contributed by atoms with van der Waals surface area (Å²) in [6.07, 6.45) is 1.92. The Bertz CT molecular complexity index is 595. The summed E-state index contributed by atoms with van der Waals surface area (Å²) in [5.41, 5.74) is 1.81. The minimum Gasteiger partial charge on any atom is -0.423 e. The van der Waals surface area contributed by atoms with Crippen molar-refractivity contribution in [1.82, 2.24) is 4.98 Å². The van der Waals surface area contributed by atoms with Crippen LogP contribution in [0.15, 0.2) is 12.3 Å². The Hall–Kier alpha value is -0.379. The molecule has 0 N–H and O–H groups in total. The lowest BCUT2D eigenvalue weighted by atomic mass is 10.3. The first-order valence-corrected chi connectivity index (χ1v) is 18.2. The Balaban J connectivity index is 2.61. The molecule has 0 radical (unpaired) electrons. The molecule has 0 saturated carbocycles. The molecule has 0 spiro atoms. The zero-order chi connectivity index (χ0) is 16.9. The lowest BCUT2D eigenvalue weighted by Crippen LogP contribution is -2.56. The molecule has 3 nitrogen and oxygen atoms in total. The van der Waals surface area contributed by atoms with Crippen LogP contribution in [-0.4, -0.2) is 34.6 Å². The van der Waals surface area contributed by atoms with Gasteiger partial charge in [0.1, 0.15) is 22.2 Å². The molecule has 1 saturated heterocycles. The summed E-state index contributed by atoms with van der Waals surface area (Å²) in [5.74, 6) is 0. The van der Waals surface area contributed by atoms with Gasteiger partial charge in [-0.1, -0.05) is 58.5 Å². The summed E-state index contributed by atoms with van der Waals surface area (Å²) in [5, 5.41) is 0.935. The summed E-state index contributed by atoms with van der Waals surface area (Å²) in [6, 6.07) is 4.99. The molecule has 1 aromatic heterocycles. The molecular weight excluding hydrogens is 341 g/mol. The Kier molecular flexibility index (Phi) is 4.58. The van der Waals surface area contributed by atoms with Gasteiger partial charge in [-0.2, -0.15) is 0 Å². The van der Waals surface area contributed by atoms with E-state index in [2.05, 4.69) is 73.7 Å². The number of carbonyl (C=O) groups is 1. The fraction of sp³-hybridized carbons (Fsp3) is 0.600. The van der Waals surface area contributed by atoms with E-state index in [1.165, 1.54) is 17.8 Å². The smallest absolute Gasteiger partial charge is 0.234 e. The predicted molar refractivity (Wildman–Crippen MR) is 108 cm³/mol. The second-order valence-corrected chi connectivity index (χ2v) is 23.6. The molecule has 2 heterocycles. The van der Waals surface area contributed by atoms with Gasteiger partial charge >= 0.3 is 0 Å². The van der Waals surface area contributed by atoms with Gasteiger partial charge in [-0.15, -0.1) is 0 Å². The standard InChI is InChI=1S/C15H28N2OSSi3/c1-20(2,3)13-10-12(11-16-14(13)15(18)19)17-21(4,5)8-9-22(17,6)7/h10-11H,8-9H2,1-7H3,(H,18,19). The zero-order valence-electron chi connectivity index (χ0n) is 14.8. The van der Waals surface area contributed by atoms with Crippen molar-refractivity contribution in [3.63, 3.8) is 0 Å². The fourth-order valence-electron chi connectivity index (χ4n) is 3.67. The summed E-state index contributed by atoms with van der Waals surface area (Å²) >= 11 is 4.03. The maximum atomic E-state index is 11.8. The summed E-state index contributed by atoms with van der Waals surface area (Å²) in [7, 11) is -4.46. The summed E-state index contributed by atoms with van der Waals surface area (Å²) < 4.78 is 2.75. The molecule has 1 aliphatic heterocycles. The van der Waals surface area contributed by atoms with Crippen LogP contribution < -0.4 is 9.42 Å². The van der Waals surface area contributed by atoms with Gasteiger partial charge in [-0.3, -0.25) is 9.78 Å². The number of thiol groups is 1. The maximum absolute atomic E-state index is 11.8. The Morgan fingerprint density at radius 1 is 1.18 bits per heavy atom. The molecule has 0 amide bonds. The van der Waals surface area contributed by atoms with Gasteiger partial charge in [0.05, 0.1) is 8.07 Å². The number of anilines is 1. The van der Waals surface area contributed by atoms with E-state index in [-0.39, 0.29) is 5.12 Å². The van der Waals surface area contributed by atoms with Crippen LogP contribution in [0.4, 0.5) is 5.69 Å². The number of carbonyl (C=O) groups excluding carboxylic acids is 1. The number of rotatable bonds is 3. The van der Waals surface area contributed by atoms with E-state index in [1.54, 1.807) is 0 Å². The molecular formula is C15H28N2OSSi3. The first-order chi connectivity index (χ1) is 9.86. The van der Waals surface area contributed by atoms with Crippen LogP contribution in [0.5, 0.6) is 0 Å². The predicted octanol–water partition coefficient (Wildman–Crippen LogP) is 3.93. The zero-order valence-corrected chi connectivity index (χ0v) is 18.7. The first kappa shape index (κ1) is 18.0. The van der Waals surface area contributed by atoms with Gasteiger partial charge < -0.3 is 4.23 Å². The Labute approximate surface area is 143 Å². The molecule has 22 heavy (non-hydrogen) atoms. The van der Waals surface area contributed by atoms with Crippen molar-refractivity contribution >= 4 is 53.2 Å². The molecule has 0 atom stereocenters. The number of pyridine rings is 1. The topological polar surface area (TPSA) is 33.2 Å². The minimum absolute atomic E-state index is 0.210. The average molecular weight is 369 g/mol. The highest BCUT2D eigenvalue weighted by atomic mass is 32.1. The molecule has 1 aliphatic rings. The van der Waals surface area contributed by atoms with Gasteiger partial charge in [0.2, 0.25) is 5.12 Å². The second kappa shape index (κ2) is 5.61. The van der Waals surface area contributed by atoms with Crippen molar-refractivity contribution < 1.29 is 4.79 Å². The lowest BCUT2D eigenvalue weighted by molar-refractivity contribution is 0.108. The minimum atomic E-state index is -1.64. The van der Waals surface area contributed by atoms with E-state index in [4.69, 9.17) is 0 Å². The van der Waals surface area contributed by atoms with E-state index < -0.39 is 24.5 Å². The van der Waals surface area contributed by atoms with E-state index in [9.17, 15) is 4.79 Å². The van der Waals surface area contributed by atoms with E-state index >= 15 is 0 Å². The van der Waals surface area contributed by atoms with E-state index in [0.29, 0.717) is 5.69 Å². The van der Waals surface area contributed by atoms with Gasteiger partial charge in [-0.05, 0) is 23.3 Å². The molecule has 7 heteroatoms. The van der Waals surface area contributed by atoms with Crippen molar-refractivity contribution in [3.05, 3.63) is 18.0 Å². The first-order valence-electron chi connectivity index (χ1n) is 7.90. The molecule has 1 fully saturated rings. The van der Waals surface area contributed by atoms with Gasteiger partial charge in [0, 0.05) is 11.9 Å². The Morgan fingerprint density at radius 2 is 1.68 bits per heavy atom. The SMILES string of the molecule is C[Si](C)(C)c1cc(N2[Si](C)(C)CC[Si]2(C)C)cnc1C(=O)S. The highest BCUT2D eigenvalue weighted by Crippen LogP contribution is 2.40. The van der Waals surface area contributed by atoms with Crippen LogP contribution in [0.3, 0.4) is 0 Å². The van der Waals surface area contributed by atoms with Crippen molar-refractivity contribution in [2.75, 3.05) is 4.23 Å². The van der Waals surface area contributed by atoms with Crippen LogP contribution in [0, 0.1) is 0 Å². The van der Waals surface area contributed by atoms with Crippen molar-refractivity contribution in [1.29, 1.82) is 0 Å². The van der Waals surface area contributed by atoms with Crippen LogP contribution in [-0.2, 0) is 0 Å². The van der Waals surface area contributed by atoms with Crippen molar-refractivity contribution in [2.45, 2.75) is 57.9 Å². The number of nitrogens with zero attached hydrogens (tertiary/aromatic N) is 2. The van der Waals surface area contributed by atoms with Crippen molar-refractivity contribution in [3.8, 4) is 0 Å². The molecule has 0 aliphatic carbocycles. The summed E-state index contributed by atoms with van der Waals surface area (Å²) in [6.45, 7) is 16.6. The molecule has 122 valence electrons. The molecule has 1 aromatic rings. The number of hydrogen-bond acceptors (Lipinski definition) is 3. The normalized spacial score (nSPS) is 20.3. The summed E-state index contributed by atoms with van der Waals surface area (Å²) in [4.78, 5) is 16.4. The van der Waals surface area contributed by atoms with Crippen LogP contribution >= 0.6 is 12.6 Å². The second-order valence-electron chi connectivity index (χ2n) is 8.61. The largest absolute Gasteiger partial charge is 0.423 e. The molecule has 2 rings (SSSR count). The number of hydrogen-bond donors (Lipinski definition) is 1. The monoisotopic (exact) mass is 368 g/mol. The quantitative estimate of drug-likeness (QED) is 0.648. The van der Waals surface area contributed by atoms with Crippen LogP contribution in [0.2, 0.25) is 57.9 Å². The van der Waals surface area contributed by atoms with Crippen molar-refractivity contribution in [2.24, 2.45) is 0 Å². The molecule has 0 aromatic carbocycles. The van der Waals surface area contributed by atoms with E-state index in [1.807, 2.05) is 6.20 Å². The molecule has 0 unspecified atom stereocenters. The Morgan fingerprint density at radius 3 is 2.09 bits per heavy atom. The third-order valence-corrected chi connectivity index (χ3v) is 16.9. The highest BCUT2D eigenvalue weighted by Gasteiger charge is 2.47. The fourth-order valence-corrected chi connectivity index (χ4v) is 19.6. The van der Waals surface area contributed by atoms with Gasteiger partial charge in [0.15, 0.2) is 0 Å². The van der Waals surface area contributed by atoms with Crippen LogP contribution in [0.25, 0.3) is 0 Å². The third-order valence-electron chi connectivity index (χ3n) is 4.70. The van der Waals surface area contributed by atoms with Gasteiger partial charge in [0.25, 0.3) is 0 Å². The van der Waals surface area contributed by atoms with Gasteiger partial charge in [-0.25, -0.2) is 0 Å². The molecule has 0 bridgehead atoms.